The molecule has 0 bridgehead atoms. The Morgan fingerprint density at radius 2 is 2.38 bits per heavy atom. The summed E-state index contributed by atoms with van der Waals surface area (Å²) >= 11 is 2.65. The minimum atomic E-state index is -0.435. The van der Waals surface area contributed by atoms with Gasteiger partial charge in [0.2, 0.25) is 5.91 Å². The number of nitrogens with one attached hydrogen (secondary N) is 1. The largest absolute Gasteiger partial charge is 0.383 e. The van der Waals surface area contributed by atoms with Crippen molar-refractivity contribution in [3.63, 3.8) is 0 Å². The first-order valence-electron chi connectivity index (χ1n) is 6.03. The van der Waals surface area contributed by atoms with Crippen molar-refractivity contribution >= 4 is 44.9 Å². The molecule has 0 unspecified atom stereocenters. The zero-order valence-corrected chi connectivity index (χ0v) is 12.8. The zero-order valence-electron chi connectivity index (χ0n) is 11.2. The number of rotatable bonds is 7. The minimum absolute atomic E-state index is 0.0417. The van der Waals surface area contributed by atoms with Crippen molar-refractivity contribution in [3.05, 3.63) is 28.3 Å². The van der Waals surface area contributed by atoms with Gasteiger partial charge in [0.1, 0.15) is 0 Å². The number of nitrogens with zero attached hydrogens (tertiary/aromatic N) is 2. The summed E-state index contributed by atoms with van der Waals surface area (Å²) in [6.07, 6.45) is 0. The number of nitro groups is 1. The van der Waals surface area contributed by atoms with Crippen molar-refractivity contribution in [2.24, 2.45) is 0 Å². The molecule has 1 aromatic heterocycles. The lowest BCUT2D eigenvalue weighted by Gasteiger charge is -2.02. The van der Waals surface area contributed by atoms with Crippen LogP contribution in [0.15, 0.2) is 22.5 Å². The van der Waals surface area contributed by atoms with Gasteiger partial charge in [0.25, 0.3) is 5.69 Å². The molecular formula is C12H13N3O4S2. The molecule has 0 aliphatic carbocycles. The molecule has 0 aliphatic rings. The number of hydrogen-bond acceptors (Lipinski definition) is 7. The van der Waals surface area contributed by atoms with E-state index in [9.17, 15) is 14.9 Å². The maximum atomic E-state index is 11.5. The fourth-order valence-electron chi connectivity index (χ4n) is 1.54. The normalized spacial score (nSPS) is 10.7. The monoisotopic (exact) mass is 327 g/mol. The predicted octanol–water partition coefficient (Wildman–Crippen LogP) is 2.06. The van der Waals surface area contributed by atoms with Crippen molar-refractivity contribution in [2.45, 2.75) is 4.34 Å². The summed E-state index contributed by atoms with van der Waals surface area (Å²) in [7, 11) is 1.57. The average Bonchev–Trinajstić information content (AvgIpc) is 2.87. The molecule has 112 valence electrons. The molecule has 0 atom stereocenters. The quantitative estimate of drug-likeness (QED) is 0.362. The first kappa shape index (κ1) is 15.7. The molecule has 21 heavy (non-hydrogen) atoms. The average molecular weight is 327 g/mol. The van der Waals surface area contributed by atoms with Gasteiger partial charge in [-0.15, -0.1) is 11.3 Å². The Labute approximate surface area is 128 Å². The highest BCUT2D eigenvalue weighted by molar-refractivity contribution is 8.01. The molecule has 0 saturated heterocycles. The van der Waals surface area contributed by atoms with Crippen LogP contribution in [0.5, 0.6) is 0 Å². The Morgan fingerprint density at radius 1 is 1.57 bits per heavy atom. The summed E-state index contributed by atoms with van der Waals surface area (Å²) in [6.45, 7) is 0.948. The highest BCUT2D eigenvalue weighted by atomic mass is 32.2. The molecule has 1 N–H and O–H groups in total. The number of thioether (sulfide) groups is 1. The lowest BCUT2D eigenvalue weighted by molar-refractivity contribution is -0.384. The fourth-order valence-corrected chi connectivity index (χ4v) is 3.47. The topological polar surface area (TPSA) is 94.4 Å². The molecule has 1 amide bonds. The van der Waals surface area contributed by atoms with Gasteiger partial charge in [0.05, 0.1) is 27.5 Å². The van der Waals surface area contributed by atoms with Crippen molar-refractivity contribution in [2.75, 3.05) is 26.0 Å². The summed E-state index contributed by atoms with van der Waals surface area (Å²) in [4.78, 5) is 26.2. The maximum Gasteiger partial charge on any atom is 0.270 e. The highest BCUT2D eigenvalue weighted by Crippen LogP contribution is 2.31. The number of thiazole rings is 1. The van der Waals surface area contributed by atoms with Crippen LogP contribution in [0.1, 0.15) is 0 Å². The smallest absolute Gasteiger partial charge is 0.270 e. The lowest BCUT2D eigenvalue weighted by Crippen LogP contribution is -2.28. The highest BCUT2D eigenvalue weighted by Gasteiger charge is 2.11. The van der Waals surface area contributed by atoms with Crippen LogP contribution in [0.4, 0.5) is 5.69 Å². The molecule has 0 saturated carbocycles. The summed E-state index contributed by atoms with van der Waals surface area (Å²) in [5.74, 6) is 0.160. The SMILES string of the molecule is COCCNC(=O)CSc1nc2ccc([N+](=O)[O-])cc2s1. The first-order chi connectivity index (χ1) is 10.1. The lowest BCUT2D eigenvalue weighted by atomic mass is 10.3. The number of carbonyl (C=O) groups excluding carboxylic acids is 1. The summed E-state index contributed by atoms with van der Waals surface area (Å²) in [5, 5.41) is 13.4. The Morgan fingerprint density at radius 3 is 3.10 bits per heavy atom. The number of hydrogen-bond donors (Lipinski definition) is 1. The van der Waals surface area contributed by atoms with Crippen LogP contribution in [-0.2, 0) is 9.53 Å². The number of fused-ring (bicyclic) bond motifs is 1. The Hall–Kier alpha value is -1.71. The van der Waals surface area contributed by atoms with Crippen LogP contribution in [0.3, 0.4) is 0 Å². The number of methoxy groups -OCH3 is 1. The molecular weight excluding hydrogens is 314 g/mol. The number of non-ortho nitro benzene ring substituents is 1. The van der Waals surface area contributed by atoms with E-state index in [1.807, 2.05) is 0 Å². The summed E-state index contributed by atoms with van der Waals surface area (Å²) in [5.41, 5.74) is 0.743. The van der Waals surface area contributed by atoms with E-state index >= 15 is 0 Å². The van der Waals surface area contributed by atoms with Gasteiger partial charge in [-0.25, -0.2) is 4.98 Å². The summed E-state index contributed by atoms with van der Waals surface area (Å²) in [6, 6.07) is 4.54. The van der Waals surface area contributed by atoms with Gasteiger partial charge in [-0.1, -0.05) is 11.8 Å². The number of ether oxygens (including phenoxy) is 1. The Kier molecular flexibility index (Phi) is 5.48. The van der Waals surface area contributed by atoms with Gasteiger partial charge in [0.15, 0.2) is 4.34 Å². The molecule has 1 aromatic carbocycles. The van der Waals surface area contributed by atoms with Gasteiger partial charge in [0, 0.05) is 25.8 Å². The van der Waals surface area contributed by atoms with Crippen LogP contribution < -0.4 is 5.32 Å². The fraction of sp³-hybridized carbons (Fsp3) is 0.333. The van der Waals surface area contributed by atoms with E-state index in [0.29, 0.717) is 23.0 Å². The second-order valence-corrected chi connectivity index (χ2v) is 6.27. The first-order valence-corrected chi connectivity index (χ1v) is 7.84. The summed E-state index contributed by atoms with van der Waals surface area (Å²) < 4.78 is 6.30. The third-order valence-electron chi connectivity index (χ3n) is 2.52. The van der Waals surface area contributed by atoms with Gasteiger partial charge >= 0.3 is 0 Å². The molecule has 0 spiro atoms. The van der Waals surface area contributed by atoms with Crippen molar-refractivity contribution < 1.29 is 14.5 Å². The zero-order chi connectivity index (χ0) is 15.2. The van der Waals surface area contributed by atoms with Crippen molar-refractivity contribution in [1.82, 2.24) is 10.3 Å². The van der Waals surface area contributed by atoms with E-state index in [1.165, 1.54) is 35.2 Å². The van der Waals surface area contributed by atoms with Crippen LogP contribution in [0, 0.1) is 10.1 Å². The van der Waals surface area contributed by atoms with Crippen molar-refractivity contribution in [3.8, 4) is 0 Å². The molecule has 9 heteroatoms. The van der Waals surface area contributed by atoms with E-state index in [0.717, 1.165) is 4.70 Å². The standard InChI is InChI=1S/C12H13N3O4S2/c1-19-5-4-13-11(16)7-20-12-14-9-3-2-8(15(17)18)6-10(9)21-12/h2-3,6H,4-5,7H2,1H3,(H,13,16). The maximum absolute atomic E-state index is 11.5. The molecule has 0 aliphatic heterocycles. The second kappa shape index (κ2) is 7.34. The number of aromatic nitrogens is 1. The van der Waals surface area contributed by atoms with Gasteiger partial charge in [-0.2, -0.15) is 0 Å². The van der Waals surface area contributed by atoms with Crippen LogP contribution in [0.2, 0.25) is 0 Å². The van der Waals surface area contributed by atoms with Crippen LogP contribution in [0.25, 0.3) is 10.2 Å². The minimum Gasteiger partial charge on any atom is -0.383 e. The van der Waals surface area contributed by atoms with E-state index in [4.69, 9.17) is 4.74 Å². The molecule has 0 radical (unpaired) electrons. The van der Waals surface area contributed by atoms with Gasteiger partial charge in [-0.05, 0) is 6.07 Å². The van der Waals surface area contributed by atoms with E-state index in [2.05, 4.69) is 10.3 Å². The molecule has 7 nitrogen and oxygen atoms in total. The van der Waals surface area contributed by atoms with Gasteiger partial charge < -0.3 is 10.1 Å². The van der Waals surface area contributed by atoms with E-state index in [-0.39, 0.29) is 17.3 Å². The molecule has 0 fully saturated rings. The molecule has 2 aromatic rings. The van der Waals surface area contributed by atoms with Crippen LogP contribution >= 0.6 is 23.1 Å². The van der Waals surface area contributed by atoms with E-state index < -0.39 is 4.92 Å². The number of nitro benzene ring substituents is 1. The third-order valence-corrected chi connectivity index (χ3v) is 4.68. The number of benzene rings is 1. The molecule has 1 heterocycles. The van der Waals surface area contributed by atoms with Crippen LogP contribution in [-0.4, -0.2) is 41.8 Å². The molecule has 2 rings (SSSR count). The Bertz CT molecular complexity index is 659. The number of carbonyl (C=O) groups is 1. The third kappa shape index (κ3) is 4.38. The van der Waals surface area contributed by atoms with Crippen molar-refractivity contribution in [1.29, 1.82) is 0 Å². The Balaban J connectivity index is 1.96. The number of amides is 1. The van der Waals surface area contributed by atoms with E-state index in [1.54, 1.807) is 13.2 Å². The predicted molar refractivity (Wildman–Crippen MR) is 81.9 cm³/mol. The second-order valence-electron chi connectivity index (χ2n) is 4.02. The van der Waals surface area contributed by atoms with Gasteiger partial charge in [-0.3, -0.25) is 14.9 Å².